The summed E-state index contributed by atoms with van der Waals surface area (Å²) >= 11 is 3.38. The smallest absolute Gasteiger partial charge is 0.0720 e. The fraction of sp³-hybridized carbons (Fsp3) is 0.333. The van der Waals surface area contributed by atoms with Crippen molar-refractivity contribution in [2.75, 3.05) is 0 Å². The van der Waals surface area contributed by atoms with Crippen molar-refractivity contribution >= 4 is 15.9 Å². The van der Waals surface area contributed by atoms with Crippen LogP contribution in [0.25, 0.3) is 0 Å². The molecular weight excluding hydrogens is 180 g/mol. The lowest BCUT2D eigenvalue weighted by Gasteiger charge is -1.97. The Hall–Kier alpha value is -0.440. The van der Waals surface area contributed by atoms with Gasteiger partial charge in [0.25, 0.3) is 0 Å². The quantitative estimate of drug-likeness (QED) is 0.627. The maximum atomic E-state index is 4.07. The second-order valence-electron chi connectivity index (χ2n) is 1.75. The molecule has 0 N–H and O–H groups in total. The first-order valence-electron chi connectivity index (χ1n) is 2.70. The zero-order chi connectivity index (χ0) is 6.69. The van der Waals surface area contributed by atoms with Gasteiger partial charge in [0.2, 0.25) is 0 Å². The topological polar surface area (TPSA) is 25.8 Å². The first-order valence-corrected chi connectivity index (χ1v) is 3.62. The highest BCUT2D eigenvalue weighted by atomic mass is 79.9. The van der Waals surface area contributed by atoms with Gasteiger partial charge in [-0.15, -0.1) is 0 Å². The van der Waals surface area contributed by atoms with Crippen LogP contribution in [0.4, 0.5) is 0 Å². The van der Waals surface area contributed by atoms with Crippen molar-refractivity contribution in [1.29, 1.82) is 0 Å². The monoisotopic (exact) mass is 186 g/mol. The molecule has 0 aliphatic heterocycles. The summed E-state index contributed by atoms with van der Waals surface area (Å²) in [6.45, 7) is 2.02. The number of hydrogen-bond donors (Lipinski definition) is 0. The average Bonchev–Trinajstić information content (AvgIpc) is 1.90. The maximum Gasteiger partial charge on any atom is 0.0720 e. The molecule has 1 rings (SSSR count). The van der Waals surface area contributed by atoms with Gasteiger partial charge in [-0.25, -0.2) is 0 Å². The van der Waals surface area contributed by atoms with Crippen molar-refractivity contribution < 1.29 is 0 Å². The summed E-state index contributed by atoms with van der Waals surface area (Å²) < 4.78 is 0. The van der Waals surface area contributed by atoms with Crippen LogP contribution >= 0.6 is 15.9 Å². The zero-order valence-electron chi connectivity index (χ0n) is 5.08. The van der Waals surface area contributed by atoms with Gasteiger partial charge in [-0.2, -0.15) is 0 Å². The van der Waals surface area contributed by atoms with E-state index in [9.17, 15) is 0 Å². The molecule has 3 heteroatoms. The minimum atomic E-state index is 0.297. The number of nitrogens with zero attached hydrogens (tertiary/aromatic N) is 2. The molecule has 0 fully saturated rings. The van der Waals surface area contributed by atoms with Crippen LogP contribution in [0.5, 0.6) is 0 Å². The predicted octanol–water partition coefficient (Wildman–Crippen LogP) is 1.93. The number of hydrogen-bond acceptors (Lipinski definition) is 2. The first kappa shape index (κ1) is 6.68. The van der Waals surface area contributed by atoms with Gasteiger partial charge in [0.05, 0.1) is 10.5 Å². The Bertz CT molecular complexity index is 174. The molecule has 0 saturated heterocycles. The Morgan fingerprint density at radius 2 is 2.33 bits per heavy atom. The molecule has 0 radical (unpaired) electrons. The summed E-state index contributed by atoms with van der Waals surface area (Å²) in [4.78, 5) is 8.28. The molecule has 1 heterocycles. The van der Waals surface area contributed by atoms with Crippen LogP contribution in [-0.2, 0) is 0 Å². The highest BCUT2D eigenvalue weighted by Gasteiger charge is 1.98. The first-order chi connectivity index (χ1) is 4.30. The van der Waals surface area contributed by atoms with Crippen LogP contribution in [0.15, 0.2) is 18.6 Å². The van der Waals surface area contributed by atoms with E-state index in [1.54, 1.807) is 18.6 Å². The number of halogens is 1. The third kappa shape index (κ3) is 1.75. The molecule has 1 atom stereocenters. The molecule has 0 amide bonds. The van der Waals surface area contributed by atoms with Crippen molar-refractivity contribution in [3.8, 4) is 0 Å². The Morgan fingerprint density at radius 1 is 1.56 bits per heavy atom. The largest absolute Gasteiger partial charge is 0.261 e. The fourth-order valence-electron chi connectivity index (χ4n) is 0.516. The molecule has 2 nitrogen and oxygen atoms in total. The molecular formula is C6H7BrN2. The summed E-state index contributed by atoms with van der Waals surface area (Å²) in [5, 5.41) is 0. The van der Waals surface area contributed by atoms with Gasteiger partial charge in [0.1, 0.15) is 0 Å². The molecule has 1 aromatic rings. The highest BCUT2D eigenvalue weighted by molar-refractivity contribution is 9.09. The van der Waals surface area contributed by atoms with Gasteiger partial charge in [0, 0.05) is 18.6 Å². The second-order valence-corrected chi connectivity index (χ2v) is 3.12. The van der Waals surface area contributed by atoms with E-state index in [0.29, 0.717) is 4.83 Å². The Labute approximate surface area is 62.5 Å². The Morgan fingerprint density at radius 3 is 2.67 bits per heavy atom. The van der Waals surface area contributed by atoms with E-state index in [1.165, 1.54) is 0 Å². The summed E-state index contributed by atoms with van der Waals surface area (Å²) in [5.41, 5.74) is 0.970. The van der Waals surface area contributed by atoms with Crippen LogP contribution in [0.3, 0.4) is 0 Å². The van der Waals surface area contributed by atoms with E-state index < -0.39 is 0 Å². The molecule has 0 aromatic carbocycles. The van der Waals surface area contributed by atoms with Crippen molar-refractivity contribution in [2.45, 2.75) is 11.8 Å². The normalized spacial score (nSPS) is 13.1. The molecule has 0 aliphatic carbocycles. The van der Waals surface area contributed by atoms with Crippen LogP contribution < -0.4 is 0 Å². The van der Waals surface area contributed by atoms with Gasteiger partial charge in [-0.05, 0) is 6.92 Å². The van der Waals surface area contributed by atoms with Gasteiger partial charge in [-0.1, -0.05) is 15.9 Å². The summed E-state index contributed by atoms with van der Waals surface area (Å²) in [7, 11) is 0. The molecule has 0 bridgehead atoms. The van der Waals surface area contributed by atoms with E-state index >= 15 is 0 Å². The third-order valence-corrected chi connectivity index (χ3v) is 1.46. The van der Waals surface area contributed by atoms with E-state index in [0.717, 1.165) is 5.69 Å². The molecule has 0 saturated carbocycles. The Kier molecular flexibility index (Phi) is 2.16. The van der Waals surface area contributed by atoms with Gasteiger partial charge < -0.3 is 0 Å². The highest BCUT2D eigenvalue weighted by Crippen LogP contribution is 2.16. The molecule has 9 heavy (non-hydrogen) atoms. The van der Waals surface area contributed by atoms with Crippen molar-refractivity contribution in [3.05, 3.63) is 24.3 Å². The van der Waals surface area contributed by atoms with E-state index in [-0.39, 0.29) is 0 Å². The average molecular weight is 187 g/mol. The number of alkyl halides is 1. The van der Waals surface area contributed by atoms with Crippen LogP contribution in [0.1, 0.15) is 17.4 Å². The van der Waals surface area contributed by atoms with Crippen LogP contribution in [0.2, 0.25) is 0 Å². The minimum absolute atomic E-state index is 0.297. The second kappa shape index (κ2) is 2.92. The van der Waals surface area contributed by atoms with Gasteiger partial charge in [0.15, 0.2) is 0 Å². The summed E-state index contributed by atoms with van der Waals surface area (Å²) in [6, 6.07) is 0. The van der Waals surface area contributed by atoms with Crippen LogP contribution in [-0.4, -0.2) is 9.97 Å². The van der Waals surface area contributed by atoms with Crippen molar-refractivity contribution in [1.82, 2.24) is 9.97 Å². The SMILES string of the molecule is C[C@@H](Br)c1cnccn1. The lowest BCUT2D eigenvalue weighted by Crippen LogP contribution is -1.88. The summed E-state index contributed by atoms with van der Waals surface area (Å²) in [5.74, 6) is 0. The fourth-order valence-corrected chi connectivity index (χ4v) is 0.752. The predicted molar refractivity (Wildman–Crippen MR) is 39.4 cm³/mol. The number of aromatic nitrogens is 2. The van der Waals surface area contributed by atoms with Crippen molar-refractivity contribution in [2.24, 2.45) is 0 Å². The maximum absolute atomic E-state index is 4.07. The molecule has 48 valence electrons. The van der Waals surface area contributed by atoms with E-state index in [1.807, 2.05) is 6.92 Å². The molecule has 0 unspecified atom stereocenters. The number of rotatable bonds is 1. The molecule has 0 spiro atoms. The minimum Gasteiger partial charge on any atom is -0.261 e. The molecule has 0 aliphatic rings. The zero-order valence-corrected chi connectivity index (χ0v) is 6.67. The Balaban J connectivity index is 2.85. The third-order valence-electron chi connectivity index (χ3n) is 0.991. The van der Waals surface area contributed by atoms with Gasteiger partial charge in [-0.3, -0.25) is 9.97 Å². The lowest BCUT2D eigenvalue weighted by molar-refractivity contribution is 0.991. The van der Waals surface area contributed by atoms with Gasteiger partial charge >= 0.3 is 0 Å². The standard InChI is InChI=1S/C6H7BrN2/c1-5(7)6-4-8-2-3-9-6/h2-5H,1H3/t5-/m1/s1. The lowest BCUT2D eigenvalue weighted by atomic mass is 10.4. The van der Waals surface area contributed by atoms with Crippen LogP contribution in [0, 0.1) is 0 Å². The van der Waals surface area contributed by atoms with E-state index in [2.05, 4.69) is 25.9 Å². The summed E-state index contributed by atoms with van der Waals surface area (Å²) in [6.07, 6.45) is 5.10. The van der Waals surface area contributed by atoms with E-state index in [4.69, 9.17) is 0 Å². The van der Waals surface area contributed by atoms with Crippen molar-refractivity contribution in [3.63, 3.8) is 0 Å². The molecule has 1 aromatic heterocycles.